The summed E-state index contributed by atoms with van der Waals surface area (Å²) in [6, 6.07) is 7.56. The van der Waals surface area contributed by atoms with Crippen LogP contribution >= 0.6 is 11.8 Å². The number of amides is 1. The Morgan fingerprint density at radius 1 is 1.40 bits per heavy atom. The molecule has 0 bridgehead atoms. The van der Waals surface area contributed by atoms with E-state index >= 15 is 0 Å². The highest BCUT2D eigenvalue weighted by atomic mass is 32.2. The summed E-state index contributed by atoms with van der Waals surface area (Å²) in [6.07, 6.45) is 2.20. The first-order valence-electron chi connectivity index (χ1n) is 8.64. The zero-order valence-corrected chi connectivity index (χ0v) is 15.2. The molecule has 3 rings (SSSR count). The van der Waals surface area contributed by atoms with Crippen LogP contribution in [0.1, 0.15) is 26.2 Å². The second-order valence-electron chi connectivity index (χ2n) is 6.45. The van der Waals surface area contributed by atoms with E-state index in [1.54, 1.807) is 0 Å². The van der Waals surface area contributed by atoms with E-state index in [9.17, 15) is 9.90 Å². The average molecular weight is 364 g/mol. The number of nitrogens with zero attached hydrogens (tertiary/aromatic N) is 1. The van der Waals surface area contributed by atoms with Gasteiger partial charge < -0.3 is 19.6 Å². The van der Waals surface area contributed by atoms with Crippen molar-refractivity contribution in [3.8, 4) is 0 Å². The van der Waals surface area contributed by atoms with Crippen molar-refractivity contribution in [3.63, 3.8) is 0 Å². The van der Waals surface area contributed by atoms with Gasteiger partial charge in [0.2, 0.25) is 5.91 Å². The second-order valence-corrected chi connectivity index (χ2v) is 7.60. The summed E-state index contributed by atoms with van der Waals surface area (Å²) in [4.78, 5) is 17.0. The molecule has 1 amide bonds. The van der Waals surface area contributed by atoms with Gasteiger partial charge in [-0.25, -0.2) is 4.98 Å². The van der Waals surface area contributed by atoms with Gasteiger partial charge in [-0.05, 0) is 31.4 Å². The summed E-state index contributed by atoms with van der Waals surface area (Å²) in [5.74, 6) is -0.0472. The standard InChI is InChI=1S/C18H24N2O4S/c1-2-15(25-17-20-13-5-3-4-6-14(13)24-17)16(22)19-11-18(12-21)7-9-23-10-8-18/h3-6,15,21H,2,7-12H2,1H3,(H,19,22). The van der Waals surface area contributed by atoms with Crippen molar-refractivity contribution >= 4 is 28.8 Å². The molecule has 0 radical (unpaired) electrons. The van der Waals surface area contributed by atoms with Gasteiger partial charge in [0.15, 0.2) is 5.58 Å². The van der Waals surface area contributed by atoms with Gasteiger partial charge in [-0.1, -0.05) is 30.8 Å². The second kappa shape index (κ2) is 8.21. The summed E-state index contributed by atoms with van der Waals surface area (Å²) < 4.78 is 11.1. The summed E-state index contributed by atoms with van der Waals surface area (Å²) >= 11 is 1.34. The normalized spacial score (nSPS) is 18.2. The number of benzene rings is 1. The van der Waals surface area contributed by atoms with E-state index in [1.807, 2.05) is 31.2 Å². The summed E-state index contributed by atoms with van der Waals surface area (Å²) in [5.41, 5.74) is 1.25. The zero-order valence-electron chi connectivity index (χ0n) is 14.4. The van der Waals surface area contributed by atoms with E-state index in [-0.39, 0.29) is 23.2 Å². The third-order valence-electron chi connectivity index (χ3n) is 4.71. The van der Waals surface area contributed by atoms with E-state index in [0.29, 0.717) is 31.4 Å². The highest BCUT2D eigenvalue weighted by Crippen LogP contribution is 2.31. The van der Waals surface area contributed by atoms with E-state index in [2.05, 4.69) is 10.3 Å². The lowest BCUT2D eigenvalue weighted by Gasteiger charge is -2.35. The Kier molecular flexibility index (Phi) is 5.98. The minimum atomic E-state index is -0.274. The van der Waals surface area contributed by atoms with Gasteiger partial charge in [0, 0.05) is 25.2 Å². The lowest BCUT2D eigenvalue weighted by atomic mass is 9.81. The Hall–Kier alpha value is -1.57. The SMILES string of the molecule is CCC(Sc1nc2ccccc2o1)C(=O)NCC1(CO)CCOCC1. The van der Waals surface area contributed by atoms with Crippen molar-refractivity contribution in [2.75, 3.05) is 26.4 Å². The monoisotopic (exact) mass is 364 g/mol. The van der Waals surface area contributed by atoms with Crippen LogP contribution in [-0.4, -0.2) is 47.6 Å². The van der Waals surface area contributed by atoms with E-state index in [4.69, 9.17) is 9.15 Å². The summed E-state index contributed by atoms with van der Waals surface area (Å²) in [7, 11) is 0. The van der Waals surface area contributed by atoms with Crippen molar-refractivity contribution in [2.45, 2.75) is 36.7 Å². The predicted octanol–water partition coefficient (Wildman–Crippen LogP) is 2.60. The van der Waals surface area contributed by atoms with Crippen LogP contribution in [0.4, 0.5) is 0 Å². The number of fused-ring (bicyclic) bond motifs is 1. The maximum Gasteiger partial charge on any atom is 0.257 e. The molecule has 2 N–H and O–H groups in total. The molecule has 1 saturated heterocycles. The van der Waals surface area contributed by atoms with Crippen molar-refractivity contribution in [2.24, 2.45) is 5.41 Å². The molecule has 0 aliphatic carbocycles. The molecule has 6 nitrogen and oxygen atoms in total. The van der Waals surface area contributed by atoms with Gasteiger partial charge in [-0.2, -0.15) is 0 Å². The van der Waals surface area contributed by atoms with E-state index in [0.717, 1.165) is 23.9 Å². The molecule has 136 valence electrons. The van der Waals surface area contributed by atoms with Crippen molar-refractivity contribution < 1.29 is 19.1 Å². The molecule has 2 aromatic rings. The van der Waals surface area contributed by atoms with Crippen LogP contribution < -0.4 is 5.32 Å². The van der Waals surface area contributed by atoms with Crippen LogP contribution in [-0.2, 0) is 9.53 Å². The number of aliphatic hydroxyl groups excluding tert-OH is 1. The number of para-hydroxylation sites is 2. The van der Waals surface area contributed by atoms with E-state index in [1.165, 1.54) is 11.8 Å². The first-order chi connectivity index (χ1) is 12.2. The molecule has 7 heteroatoms. The molecule has 1 unspecified atom stereocenters. The summed E-state index contributed by atoms with van der Waals surface area (Å²) in [5, 5.41) is 13.0. The highest BCUT2D eigenvalue weighted by molar-refractivity contribution is 8.00. The number of carbonyl (C=O) groups excluding carboxylic acids is 1. The third kappa shape index (κ3) is 4.34. The molecule has 1 aliphatic heterocycles. The average Bonchev–Trinajstić information content (AvgIpc) is 3.07. The van der Waals surface area contributed by atoms with Crippen LogP contribution in [0, 0.1) is 5.41 Å². The Labute approximate surface area is 151 Å². The molecular formula is C18H24N2O4S. The van der Waals surface area contributed by atoms with Gasteiger partial charge in [0.25, 0.3) is 5.22 Å². The maximum atomic E-state index is 12.6. The third-order valence-corrected chi connectivity index (χ3v) is 5.92. The largest absolute Gasteiger partial charge is 0.431 e. The van der Waals surface area contributed by atoms with Crippen LogP contribution in [0.2, 0.25) is 0 Å². The Balaban J connectivity index is 1.60. The first kappa shape index (κ1) is 18.2. The molecular weight excluding hydrogens is 340 g/mol. The predicted molar refractivity (Wildman–Crippen MR) is 96.5 cm³/mol. The lowest BCUT2D eigenvalue weighted by molar-refractivity contribution is -0.121. The quantitative estimate of drug-likeness (QED) is 0.735. The molecule has 0 spiro atoms. The van der Waals surface area contributed by atoms with Crippen molar-refractivity contribution in [1.82, 2.24) is 10.3 Å². The van der Waals surface area contributed by atoms with Crippen LogP contribution in [0.3, 0.4) is 0 Å². The number of oxazole rings is 1. The van der Waals surface area contributed by atoms with Gasteiger partial charge in [-0.3, -0.25) is 4.79 Å². The Morgan fingerprint density at radius 2 is 2.16 bits per heavy atom. The van der Waals surface area contributed by atoms with Crippen LogP contribution in [0.5, 0.6) is 0 Å². The fraction of sp³-hybridized carbons (Fsp3) is 0.556. The minimum Gasteiger partial charge on any atom is -0.431 e. The van der Waals surface area contributed by atoms with Gasteiger partial charge in [0.1, 0.15) is 5.52 Å². The number of aliphatic hydroxyl groups is 1. The van der Waals surface area contributed by atoms with Gasteiger partial charge in [0.05, 0.1) is 11.9 Å². The fourth-order valence-electron chi connectivity index (χ4n) is 2.93. The van der Waals surface area contributed by atoms with E-state index < -0.39 is 0 Å². The lowest BCUT2D eigenvalue weighted by Crippen LogP contribution is -2.45. The molecule has 25 heavy (non-hydrogen) atoms. The topological polar surface area (TPSA) is 84.6 Å². The molecule has 1 aromatic carbocycles. The van der Waals surface area contributed by atoms with Gasteiger partial charge >= 0.3 is 0 Å². The molecule has 1 aromatic heterocycles. The van der Waals surface area contributed by atoms with Crippen LogP contribution in [0.25, 0.3) is 11.1 Å². The summed E-state index contributed by atoms with van der Waals surface area (Å²) in [6.45, 7) is 3.76. The number of hydrogen-bond donors (Lipinski definition) is 2. The van der Waals surface area contributed by atoms with Crippen molar-refractivity contribution in [1.29, 1.82) is 0 Å². The number of rotatable bonds is 7. The fourth-order valence-corrected chi connectivity index (χ4v) is 3.82. The number of carbonyl (C=O) groups is 1. The molecule has 1 atom stereocenters. The number of hydrogen-bond acceptors (Lipinski definition) is 6. The highest BCUT2D eigenvalue weighted by Gasteiger charge is 2.33. The number of nitrogens with one attached hydrogen (secondary N) is 1. The molecule has 1 fully saturated rings. The number of aromatic nitrogens is 1. The molecule has 0 saturated carbocycles. The molecule has 2 heterocycles. The Bertz CT molecular complexity index is 679. The zero-order chi connectivity index (χ0) is 17.7. The minimum absolute atomic E-state index is 0.0472. The smallest absolute Gasteiger partial charge is 0.257 e. The Morgan fingerprint density at radius 3 is 2.84 bits per heavy atom. The number of ether oxygens (including phenoxy) is 1. The first-order valence-corrected chi connectivity index (χ1v) is 9.52. The van der Waals surface area contributed by atoms with Crippen molar-refractivity contribution in [3.05, 3.63) is 24.3 Å². The molecule has 1 aliphatic rings. The number of thioether (sulfide) groups is 1. The maximum absolute atomic E-state index is 12.6. The van der Waals surface area contributed by atoms with Crippen LogP contribution in [0.15, 0.2) is 33.9 Å². The van der Waals surface area contributed by atoms with Gasteiger partial charge in [-0.15, -0.1) is 0 Å².